The van der Waals surface area contributed by atoms with Crippen molar-refractivity contribution in [2.24, 2.45) is 5.92 Å². The zero-order valence-electron chi connectivity index (χ0n) is 12.4. The van der Waals surface area contributed by atoms with Crippen LogP contribution in [0.25, 0.3) is 0 Å². The number of carbonyl (C=O) groups excluding carboxylic acids is 1. The van der Waals surface area contributed by atoms with Gasteiger partial charge in [0.25, 0.3) is 5.91 Å². The zero-order valence-corrected chi connectivity index (χ0v) is 13.2. The molecule has 1 atom stereocenters. The molecule has 0 aliphatic carbocycles. The Kier molecular flexibility index (Phi) is 4.41. The average Bonchev–Trinajstić information content (AvgIpc) is 2.42. The summed E-state index contributed by atoms with van der Waals surface area (Å²) < 4.78 is 30.7. The van der Waals surface area contributed by atoms with Gasteiger partial charge in [-0.25, -0.2) is 8.42 Å². The zero-order chi connectivity index (χ0) is 15.6. The SMILES string of the molecule is CC(C)CNC(=O)[C@H]1CN(S(C)(=O)=O)c2ccccc2O1. The van der Waals surface area contributed by atoms with Crippen LogP contribution in [0.15, 0.2) is 24.3 Å². The number of fused-ring (bicyclic) bond motifs is 1. The summed E-state index contributed by atoms with van der Waals surface area (Å²) in [5.74, 6) is 0.418. The largest absolute Gasteiger partial charge is 0.476 e. The van der Waals surface area contributed by atoms with Gasteiger partial charge in [0.1, 0.15) is 5.75 Å². The Morgan fingerprint density at radius 1 is 1.43 bits per heavy atom. The molecule has 1 N–H and O–H groups in total. The highest BCUT2D eigenvalue weighted by Crippen LogP contribution is 2.34. The van der Waals surface area contributed by atoms with Crippen molar-refractivity contribution < 1.29 is 17.9 Å². The number of amides is 1. The van der Waals surface area contributed by atoms with Gasteiger partial charge < -0.3 is 10.1 Å². The molecule has 1 heterocycles. The molecule has 1 amide bonds. The Balaban J connectivity index is 2.24. The van der Waals surface area contributed by atoms with Crippen molar-refractivity contribution >= 4 is 21.6 Å². The molecule has 0 aromatic heterocycles. The first-order valence-electron chi connectivity index (χ1n) is 6.80. The van der Waals surface area contributed by atoms with Crippen molar-refractivity contribution in [3.8, 4) is 5.75 Å². The van der Waals surface area contributed by atoms with Crippen molar-refractivity contribution in [1.29, 1.82) is 0 Å². The maximum Gasteiger partial charge on any atom is 0.263 e. The predicted octanol–water partition coefficient (Wildman–Crippen LogP) is 0.986. The third-order valence-electron chi connectivity index (χ3n) is 3.11. The number of para-hydroxylation sites is 2. The molecular weight excluding hydrogens is 292 g/mol. The van der Waals surface area contributed by atoms with Crippen LogP contribution < -0.4 is 14.4 Å². The van der Waals surface area contributed by atoms with Crippen molar-refractivity contribution in [3.63, 3.8) is 0 Å². The summed E-state index contributed by atoms with van der Waals surface area (Å²) in [6.45, 7) is 4.49. The Bertz CT molecular complexity index is 628. The standard InChI is InChI=1S/C14H20N2O4S/c1-10(2)8-15-14(17)13-9-16(21(3,18)19)11-6-4-5-7-12(11)20-13/h4-7,10,13H,8-9H2,1-3H3,(H,15,17)/t13-/m1/s1. The van der Waals surface area contributed by atoms with E-state index in [-0.39, 0.29) is 12.5 Å². The number of hydrogen-bond donors (Lipinski definition) is 1. The molecule has 0 fully saturated rings. The van der Waals surface area contributed by atoms with Crippen LogP contribution >= 0.6 is 0 Å². The fraction of sp³-hybridized carbons (Fsp3) is 0.500. The smallest absolute Gasteiger partial charge is 0.263 e. The molecule has 1 aliphatic rings. The molecule has 0 bridgehead atoms. The topological polar surface area (TPSA) is 75.7 Å². The number of benzene rings is 1. The minimum atomic E-state index is -3.46. The van der Waals surface area contributed by atoms with Gasteiger partial charge in [-0.2, -0.15) is 0 Å². The van der Waals surface area contributed by atoms with E-state index in [1.54, 1.807) is 24.3 Å². The molecule has 2 rings (SSSR count). The molecule has 116 valence electrons. The number of nitrogens with one attached hydrogen (secondary N) is 1. The van der Waals surface area contributed by atoms with E-state index in [4.69, 9.17) is 4.74 Å². The Morgan fingerprint density at radius 3 is 2.71 bits per heavy atom. The van der Waals surface area contributed by atoms with Gasteiger partial charge in [-0.05, 0) is 18.1 Å². The van der Waals surface area contributed by atoms with Crippen molar-refractivity contribution in [2.75, 3.05) is 23.7 Å². The number of hydrogen-bond acceptors (Lipinski definition) is 4. The Labute approximate surface area is 125 Å². The number of carbonyl (C=O) groups is 1. The fourth-order valence-corrected chi connectivity index (χ4v) is 2.99. The monoisotopic (exact) mass is 312 g/mol. The molecular formula is C14H20N2O4S. The van der Waals surface area contributed by atoms with Gasteiger partial charge in [-0.3, -0.25) is 9.10 Å². The van der Waals surface area contributed by atoms with E-state index in [9.17, 15) is 13.2 Å². The number of anilines is 1. The first-order chi connectivity index (χ1) is 9.79. The molecule has 0 unspecified atom stereocenters. The highest BCUT2D eigenvalue weighted by atomic mass is 32.2. The van der Waals surface area contributed by atoms with Crippen LogP contribution in [0.3, 0.4) is 0 Å². The maximum absolute atomic E-state index is 12.1. The fourth-order valence-electron chi connectivity index (χ4n) is 2.07. The van der Waals surface area contributed by atoms with Crippen molar-refractivity contribution in [3.05, 3.63) is 24.3 Å². The second-order valence-electron chi connectivity index (χ2n) is 5.51. The van der Waals surface area contributed by atoms with Crippen LogP contribution in [-0.2, 0) is 14.8 Å². The van der Waals surface area contributed by atoms with E-state index in [1.165, 1.54) is 4.31 Å². The summed E-state index contributed by atoms with van der Waals surface area (Å²) in [5, 5.41) is 2.77. The molecule has 0 saturated heterocycles. The van der Waals surface area contributed by atoms with Crippen LogP contribution in [-0.4, -0.2) is 39.8 Å². The number of rotatable bonds is 4. The maximum atomic E-state index is 12.1. The molecule has 0 spiro atoms. The van der Waals surface area contributed by atoms with E-state index in [0.29, 0.717) is 23.9 Å². The summed E-state index contributed by atoms with van der Waals surface area (Å²) in [6, 6.07) is 6.81. The predicted molar refractivity (Wildman–Crippen MR) is 80.9 cm³/mol. The summed E-state index contributed by atoms with van der Waals surface area (Å²) in [7, 11) is -3.46. The lowest BCUT2D eigenvalue weighted by Crippen LogP contribution is -2.50. The molecule has 7 heteroatoms. The molecule has 1 aromatic rings. The quantitative estimate of drug-likeness (QED) is 0.899. The van der Waals surface area contributed by atoms with Crippen LogP contribution in [0.5, 0.6) is 5.75 Å². The first-order valence-corrected chi connectivity index (χ1v) is 8.65. The highest BCUT2D eigenvalue weighted by molar-refractivity contribution is 7.92. The summed E-state index contributed by atoms with van der Waals surface area (Å²) >= 11 is 0. The van der Waals surface area contributed by atoms with Gasteiger partial charge in [0, 0.05) is 6.54 Å². The highest BCUT2D eigenvalue weighted by Gasteiger charge is 2.34. The molecule has 6 nitrogen and oxygen atoms in total. The lowest BCUT2D eigenvalue weighted by atomic mass is 10.2. The van der Waals surface area contributed by atoms with Gasteiger partial charge >= 0.3 is 0 Å². The summed E-state index contributed by atoms with van der Waals surface area (Å²) in [5.41, 5.74) is 0.466. The number of nitrogens with zero attached hydrogens (tertiary/aromatic N) is 1. The molecule has 1 aliphatic heterocycles. The lowest BCUT2D eigenvalue weighted by molar-refractivity contribution is -0.127. The van der Waals surface area contributed by atoms with Crippen LogP contribution in [0.4, 0.5) is 5.69 Å². The Morgan fingerprint density at radius 2 is 2.10 bits per heavy atom. The molecule has 0 radical (unpaired) electrons. The van der Waals surface area contributed by atoms with Crippen LogP contribution in [0.2, 0.25) is 0 Å². The van der Waals surface area contributed by atoms with Gasteiger partial charge in [-0.1, -0.05) is 26.0 Å². The Hall–Kier alpha value is -1.76. The van der Waals surface area contributed by atoms with Gasteiger partial charge in [0.15, 0.2) is 6.10 Å². The normalized spacial score (nSPS) is 18.1. The third kappa shape index (κ3) is 3.66. The summed E-state index contributed by atoms with van der Waals surface area (Å²) in [4.78, 5) is 12.1. The molecule has 1 aromatic carbocycles. The lowest BCUT2D eigenvalue weighted by Gasteiger charge is -2.33. The van der Waals surface area contributed by atoms with E-state index < -0.39 is 16.1 Å². The second-order valence-corrected chi connectivity index (χ2v) is 7.41. The minimum absolute atomic E-state index is 0.0141. The van der Waals surface area contributed by atoms with E-state index in [0.717, 1.165) is 6.26 Å². The minimum Gasteiger partial charge on any atom is -0.476 e. The number of ether oxygens (including phenoxy) is 1. The number of sulfonamides is 1. The van der Waals surface area contributed by atoms with Gasteiger partial charge in [0.05, 0.1) is 18.5 Å². The van der Waals surface area contributed by atoms with Crippen molar-refractivity contribution in [2.45, 2.75) is 20.0 Å². The van der Waals surface area contributed by atoms with E-state index in [2.05, 4.69) is 5.32 Å². The van der Waals surface area contributed by atoms with Crippen LogP contribution in [0, 0.1) is 5.92 Å². The first kappa shape index (κ1) is 15.6. The van der Waals surface area contributed by atoms with E-state index in [1.807, 2.05) is 13.8 Å². The van der Waals surface area contributed by atoms with Crippen LogP contribution in [0.1, 0.15) is 13.8 Å². The molecule has 21 heavy (non-hydrogen) atoms. The molecule has 0 saturated carbocycles. The second kappa shape index (κ2) is 5.93. The third-order valence-corrected chi connectivity index (χ3v) is 4.26. The summed E-state index contributed by atoms with van der Waals surface area (Å²) in [6.07, 6.45) is 0.284. The average molecular weight is 312 g/mol. The van der Waals surface area contributed by atoms with Gasteiger partial charge in [0.2, 0.25) is 10.0 Å². The van der Waals surface area contributed by atoms with Gasteiger partial charge in [-0.15, -0.1) is 0 Å². The van der Waals surface area contributed by atoms with E-state index >= 15 is 0 Å². The van der Waals surface area contributed by atoms with Crippen molar-refractivity contribution in [1.82, 2.24) is 5.32 Å².